The number of benzene rings is 3. The van der Waals surface area contributed by atoms with E-state index in [4.69, 9.17) is 28.2 Å². The molecule has 0 fully saturated rings. The maximum absolute atomic E-state index is 6.62. The summed E-state index contributed by atoms with van der Waals surface area (Å²) < 4.78 is 0. The summed E-state index contributed by atoms with van der Waals surface area (Å²) in [4.78, 5) is 9.39. The van der Waals surface area contributed by atoms with Gasteiger partial charge in [0.2, 0.25) is 0 Å². The normalized spacial score (nSPS) is 10.7. The molecule has 1 aromatic heterocycles. The maximum atomic E-state index is 6.62. The monoisotopic (exact) mass is 376 g/mol. The zero-order chi connectivity index (χ0) is 17.9. The van der Waals surface area contributed by atoms with Crippen LogP contribution in [0, 0.1) is 0 Å². The maximum Gasteiger partial charge on any atom is 0.161 e. The Bertz CT molecular complexity index is 1030. The molecule has 0 spiro atoms. The van der Waals surface area contributed by atoms with Crippen molar-refractivity contribution in [3.8, 4) is 33.8 Å². The first-order valence-electron chi connectivity index (χ1n) is 8.17. The average Bonchev–Trinajstić information content (AvgIpc) is 2.69. The lowest BCUT2D eigenvalue weighted by atomic mass is 10.0. The SMILES string of the molecule is Clc1ccc(-c2nc(-c3ccccc3)nc(Cl)c2-c2ccccc2)cc1. The number of halogens is 2. The second kappa shape index (κ2) is 7.28. The zero-order valence-corrected chi connectivity index (χ0v) is 15.2. The fourth-order valence-electron chi connectivity index (χ4n) is 2.83. The second-order valence-electron chi connectivity index (χ2n) is 5.80. The summed E-state index contributed by atoms with van der Waals surface area (Å²) in [5, 5.41) is 1.11. The lowest BCUT2D eigenvalue weighted by Gasteiger charge is -2.13. The van der Waals surface area contributed by atoms with Gasteiger partial charge >= 0.3 is 0 Å². The van der Waals surface area contributed by atoms with Crippen LogP contribution in [0.25, 0.3) is 33.8 Å². The van der Waals surface area contributed by atoms with E-state index < -0.39 is 0 Å². The van der Waals surface area contributed by atoms with E-state index in [-0.39, 0.29) is 0 Å². The van der Waals surface area contributed by atoms with Crippen LogP contribution in [0.5, 0.6) is 0 Å². The molecule has 26 heavy (non-hydrogen) atoms. The lowest BCUT2D eigenvalue weighted by molar-refractivity contribution is 1.18. The highest BCUT2D eigenvalue weighted by atomic mass is 35.5. The van der Waals surface area contributed by atoms with E-state index in [1.807, 2.05) is 84.9 Å². The summed E-state index contributed by atoms with van der Waals surface area (Å²) in [6.45, 7) is 0. The minimum atomic E-state index is 0.426. The van der Waals surface area contributed by atoms with Crippen molar-refractivity contribution < 1.29 is 0 Å². The van der Waals surface area contributed by atoms with Gasteiger partial charge in [-0.25, -0.2) is 9.97 Å². The van der Waals surface area contributed by atoms with Crippen molar-refractivity contribution in [2.75, 3.05) is 0 Å². The molecular weight excluding hydrogens is 363 g/mol. The molecule has 4 aromatic rings. The molecule has 0 aliphatic carbocycles. The Hall–Kier alpha value is -2.68. The summed E-state index contributed by atoms with van der Waals surface area (Å²) in [6.07, 6.45) is 0. The van der Waals surface area contributed by atoms with Crippen LogP contribution in [0.3, 0.4) is 0 Å². The van der Waals surface area contributed by atoms with Gasteiger partial charge in [0.25, 0.3) is 0 Å². The molecule has 0 amide bonds. The molecule has 0 aliphatic heterocycles. The summed E-state index contributed by atoms with van der Waals surface area (Å²) in [5.74, 6) is 0.597. The predicted molar refractivity (Wildman–Crippen MR) is 108 cm³/mol. The van der Waals surface area contributed by atoms with Gasteiger partial charge in [-0.15, -0.1) is 0 Å². The van der Waals surface area contributed by atoms with Gasteiger partial charge in [-0.3, -0.25) is 0 Å². The predicted octanol–water partition coefficient (Wildman–Crippen LogP) is 6.78. The van der Waals surface area contributed by atoms with Crippen molar-refractivity contribution in [3.63, 3.8) is 0 Å². The van der Waals surface area contributed by atoms with E-state index >= 15 is 0 Å². The Morgan fingerprint density at radius 2 is 1.12 bits per heavy atom. The Morgan fingerprint density at radius 3 is 1.73 bits per heavy atom. The number of aromatic nitrogens is 2. The van der Waals surface area contributed by atoms with Gasteiger partial charge in [-0.1, -0.05) is 96.0 Å². The quantitative estimate of drug-likeness (QED) is 0.368. The first kappa shape index (κ1) is 16.8. The molecule has 0 bridgehead atoms. The summed E-state index contributed by atoms with van der Waals surface area (Å²) in [6, 6.07) is 27.3. The third-order valence-corrected chi connectivity index (χ3v) is 4.60. The molecule has 4 rings (SSSR count). The number of hydrogen-bond acceptors (Lipinski definition) is 2. The topological polar surface area (TPSA) is 25.8 Å². The molecule has 2 nitrogen and oxygen atoms in total. The Labute approximate surface area is 162 Å². The van der Waals surface area contributed by atoms with Crippen LogP contribution in [0.1, 0.15) is 0 Å². The smallest absolute Gasteiger partial charge is 0.161 e. The fraction of sp³-hybridized carbons (Fsp3) is 0. The third kappa shape index (κ3) is 3.34. The van der Waals surface area contributed by atoms with Crippen molar-refractivity contribution in [3.05, 3.63) is 95.1 Å². The van der Waals surface area contributed by atoms with Crippen LogP contribution in [-0.2, 0) is 0 Å². The molecule has 0 radical (unpaired) electrons. The molecule has 3 aromatic carbocycles. The molecule has 0 saturated carbocycles. The van der Waals surface area contributed by atoms with Gasteiger partial charge in [-0.2, -0.15) is 0 Å². The first-order chi connectivity index (χ1) is 12.7. The Kier molecular flexibility index (Phi) is 4.70. The molecule has 0 aliphatic rings. The van der Waals surface area contributed by atoms with Crippen LogP contribution in [0.15, 0.2) is 84.9 Å². The molecule has 0 atom stereocenters. The van der Waals surface area contributed by atoms with Crippen molar-refractivity contribution in [1.29, 1.82) is 0 Å². The minimum absolute atomic E-state index is 0.426. The van der Waals surface area contributed by atoms with Crippen LogP contribution in [-0.4, -0.2) is 9.97 Å². The standard InChI is InChI=1S/C22H14Cl2N2/c23-18-13-11-16(12-14-18)20-19(15-7-3-1-4-8-15)21(24)26-22(25-20)17-9-5-2-6-10-17/h1-14H. The van der Waals surface area contributed by atoms with Crippen molar-refractivity contribution in [1.82, 2.24) is 9.97 Å². The van der Waals surface area contributed by atoms with E-state index in [1.165, 1.54) is 0 Å². The fourth-order valence-corrected chi connectivity index (χ4v) is 3.23. The minimum Gasteiger partial charge on any atom is -0.227 e. The largest absolute Gasteiger partial charge is 0.227 e. The van der Waals surface area contributed by atoms with E-state index in [0.717, 1.165) is 27.9 Å². The van der Waals surface area contributed by atoms with E-state index in [9.17, 15) is 0 Å². The van der Waals surface area contributed by atoms with E-state index in [2.05, 4.69) is 4.98 Å². The van der Waals surface area contributed by atoms with Gasteiger partial charge in [-0.05, 0) is 17.7 Å². The first-order valence-corrected chi connectivity index (χ1v) is 8.92. The molecule has 126 valence electrons. The van der Waals surface area contributed by atoms with Gasteiger partial charge in [0.05, 0.1) is 5.69 Å². The van der Waals surface area contributed by atoms with Crippen LogP contribution in [0.4, 0.5) is 0 Å². The van der Waals surface area contributed by atoms with Gasteiger partial charge in [0, 0.05) is 21.7 Å². The average molecular weight is 377 g/mol. The highest BCUT2D eigenvalue weighted by molar-refractivity contribution is 6.33. The Morgan fingerprint density at radius 1 is 0.538 bits per heavy atom. The van der Waals surface area contributed by atoms with Gasteiger partial charge < -0.3 is 0 Å². The van der Waals surface area contributed by atoms with Crippen LogP contribution >= 0.6 is 23.2 Å². The zero-order valence-electron chi connectivity index (χ0n) is 13.7. The van der Waals surface area contributed by atoms with Crippen LogP contribution < -0.4 is 0 Å². The number of nitrogens with zero attached hydrogens (tertiary/aromatic N) is 2. The lowest BCUT2D eigenvalue weighted by Crippen LogP contribution is -1.98. The molecule has 0 unspecified atom stereocenters. The molecule has 4 heteroatoms. The van der Waals surface area contributed by atoms with Crippen molar-refractivity contribution in [2.24, 2.45) is 0 Å². The van der Waals surface area contributed by atoms with Crippen molar-refractivity contribution in [2.45, 2.75) is 0 Å². The number of rotatable bonds is 3. The van der Waals surface area contributed by atoms with Crippen molar-refractivity contribution >= 4 is 23.2 Å². The van der Waals surface area contributed by atoms with Gasteiger partial charge in [0.1, 0.15) is 5.15 Å². The summed E-state index contributed by atoms with van der Waals surface area (Å²) >= 11 is 12.7. The molecular formula is C22H14Cl2N2. The van der Waals surface area contributed by atoms with E-state index in [0.29, 0.717) is 16.0 Å². The highest BCUT2D eigenvalue weighted by Gasteiger charge is 2.17. The summed E-state index contributed by atoms with van der Waals surface area (Å²) in [7, 11) is 0. The molecule has 0 N–H and O–H groups in total. The van der Waals surface area contributed by atoms with E-state index in [1.54, 1.807) is 0 Å². The molecule has 1 heterocycles. The van der Waals surface area contributed by atoms with Gasteiger partial charge in [0.15, 0.2) is 5.82 Å². The third-order valence-electron chi connectivity index (χ3n) is 4.08. The highest BCUT2D eigenvalue weighted by Crippen LogP contribution is 2.37. The Balaban J connectivity index is 1.98. The molecule has 0 saturated heterocycles. The second-order valence-corrected chi connectivity index (χ2v) is 6.60. The number of hydrogen-bond donors (Lipinski definition) is 0. The van der Waals surface area contributed by atoms with Crippen LogP contribution in [0.2, 0.25) is 10.2 Å². The summed E-state index contributed by atoms with van der Waals surface area (Å²) in [5.41, 5.74) is 4.43.